The van der Waals surface area contributed by atoms with Crippen molar-refractivity contribution in [1.29, 1.82) is 0 Å². The number of piperazine rings is 1. The molecule has 1 fully saturated rings. The first-order valence-corrected chi connectivity index (χ1v) is 10.4. The van der Waals surface area contributed by atoms with E-state index in [-0.39, 0.29) is 6.09 Å². The van der Waals surface area contributed by atoms with Crippen molar-refractivity contribution < 1.29 is 24.3 Å². The minimum Gasteiger partial charge on any atom is -0.444 e. The number of aromatic nitrogens is 1. The Morgan fingerprint density at radius 1 is 1.10 bits per heavy atom. The van der Waals surface area contributed by atoms with Gasteiger partial charge in [0.2, 0.25) is 0 Å². The van der Waals surface area contributed by atoms with Crippen LogP contribution in [0.15, 0.2) is 12.3 Å². The lowest BCUT2D eigenvalue weighted by Gasteiger charge is -2.38. The van der Waals surface area contributed by atoms with Gasteiger partial charge in [0, 0.05) is 37.8 Å². The summed E-state index contributed by atoms with van der Waals surface area (Å²) in [6.45, 7) is 16.7. The Morgan fingerprint density at radius 2 is 1.67 bits per heavy atom. The maximum absolute atomic E-state index is 12.2. The molecule has 0 bridgehead atoms. The first-order chi connectivity index (χ1) is 13.6. The molecule has 8 nitrogen and oxygen atoms in total. The number of carbonyl (C=O) groups excluding carboxylic acids is 1. The summed E-state index contributed by atoms with van der Waals surface area (Å²) in [7, 11) is -1.20. The second-order valence-electron chi connectivity index (χ2n) is 9.90. The van der Waals surface area contributed by atoms with Gasteiger partial charge >= 0.3 is 13.2 Å². The standard InChI is InChI=1S/C21H36BN3O5/c1-15-13-16(22(28)30-21(7,8)20(5,6)27)14-23-17(15)24-9-11-25(12-10-24)18(26)29-19(2,3)4/h13-14,27-28H,9-12H2,1-8H3. The number of amides is 1. The van der Waals surface area contributed by atoms with Crippen molar-refractivity contribution in [2.75, 3.05) is 31.1 Å². The quantitative estimate of drug-likeness (QED) is 0.699. The number of hydrogen-bond donors (Lipinski definition) is 2. The molecule has 1 aromatic rings. The lowest BCUT2D eigenvalue weighted by Crippen LogP contribution is -2.53. The predicted molar refractivity (Wildman–Crippen MR) is 118 cm³/mol. The van der Waals surface area contributed by atoms with Crippen LogP contribution in [0.2, 0.25) is 0 Å². The van der Waals surface area contributed by atoms with E-state index in [1.165, 1.54) is 0 Å². The number of nitrogens with zero attached hydrogens (tertiary/aromatic N) is 3. The zero-order valence-corrected chi connectivity index (χ0v) is 19.5. The van der Waals surface area contributed by atoms with Gasteiger partial charge in [0.1, 0.15) is 11.4 Å². The van der Waals surface area contributed by atoms with Crippen molar-refractivity contribution in [3.05, 3.63) is 17.8 Å². The summed E-state index contributed by atoms with van der Waals surface area (Å²) in [5.41, 5.74) is -1.14. The molecule has 168 valence electrons. The Hall–Kier alpha value is -1.84. The summed E-state index contributed by atoms with van der Waals surface area (Å²) in [6, 6.07) is 1.84. The normalized spacial score (nSPS) is 15.9. The van der Waals surface area contributed by atoms with E-state index in [0.29, 0.717) is 31.6 Å². The van der Waals surface area contributed by atoms with Gasteiger partial charge in [-0.3, -0.25) is 0 Å². The van der Waals surface area contributed by atoms with Crippen LogP contribution in [-0.2, 0) is 9.39 Å². The summed E-state index contributed by atoms with van der Waals surface area (Å²) in [5.74, 6) is 0.816. The molecule has 0 spiro atoms. The van der Waals surface area contributed by atoms with Gasteiger partial charge in [0.25, 0.3) is 0 Å². The number of aliphatic hydroxyl groups is 1. The largest absolute Gasteiger partial charge is 0.493 e. The van der Waals surface area contributed by atoms with E-state index in [0.717, 1.165) is 11.4 Å². The topological polar surface area (TPSA) is 95.4 Å². The van der Waals surface area contributed by atoms with Gasteiger partial charge in [-0.05, 0) is 61.0 Å². The maximum Gasteiger partial charge on any atom is 0.493 e. The first-order valence-electron chi connectivity index (χ1n) is 10.4. The molecule has 1 aliphatic heterocycles. The predicted octanol–water partition coefficient (Wildman–Crippen LogP) is 1.70. The summed E-state index contributed by atoms with van der Waals surface area (Å²) < 4.78 is 11.1. The van der Waals surface area contributed by atoms with Crippen LogP contribution in [0.25, 0.3) is 0 Å². The van der Waals surface area contributed by atoms with Crippen LogP contribution in [-0.4, -0.2) is 76.2 Å². The highest BCUT2D eigenvalue weighted by molar-refractivity contribution is 6.60. The molecule has 0 saturated carbocycles. The Labute approximate surface area is 180 Å². The molecule has 9 heteroatoms. The van der Waals surface area contributed by atoms with Crippen LogP contribution in [0, 0.1) is 6.92 Å². The molecule has 1 aromatic heterocycles. The van der Waals surface area contributed by atoms with E-state index in [9.17, 15) is 14.9 Å². The van der Waals surface area contributed by atoms with E-state index < -0.39 is 23.9 Å². The maximum atomic E-state index is 12.2. The highest BCUT2D eigenvalue weighted by Crippen LogP contribution is 2.25. The molecule has 0 unspecified atom stereocenters. The van der Waals surface area contributed by atoms with Crippen molar-refractivity contribution in [1.82, 2.24) is 9.88 Å². The van der Waals surface area contributed by atoms with Gasteiger partial charge in [-0.25, -0.2) is 9.78 Å². The zero-order chi connectivity index (χ0) is 22.9. The van der Waals surface area contributed by atoms with Crippen LogP contribution >= 0.6 is 0 Å². The highest BCUT2D eigenvalue weighted by Gasteiger charge is 2.39. The molecule has 1 amide bonds. The van der Waals surface area contributed by atoms with Gasteiger partial charge in [-0.1, -0.05) is 6.07 Å². The summed E-state index contributed by atoms with van der Waals surface area (Å²) in [5, 5.41) is 20.7. The molecule has 1 saturated heterocycles. The van der Waals surface area contributed by atoms with E-state index in [1.54, 1.807) is 38.8 Å². The SMILES string of the molecule is Cc1cc(B(O)OC(C)(C)C(C)(C)O)cnc1N1CCN(C(=O)OC(C)(C)C)CC1. The van der Waals surface area contributed by atoms with Crippen LogP contribution in [0.5, 0.6) is 0 Å². The number of hydrogen-bond acceptors (Lipinski definition) is 7. The third-order valence-electron chi connectivity index (χ3n) is 5.47. The molecule has 2 N–H and O–H groups in total. The third-order valence-corrected chi connectivity index (χ3v) is 5.47. The number of aryl methyl sites for hydroxylation is 1. The van der Waals surface area contributed by atoms with Crippen LogP contribution in [0.3, 0.4) is 0 Å². The number of carbonyl (C=O) groups is 1. The monoisotopic (exact) mass is 421 g/mol. The van der Waals surface area contributed by atoms with Gasteiger partial charge in [0.05, 0.1) is 11.2 Å². The minimum atomic E-state index is -1.20. The molecule has 1 aliphatic rings. The first kappa shape index (κ1) is 24.4. The number of rotatable bonds is 5. The number of anilines is 1. The van der Waals surface area contributed by atoms with Crippen molar-refractivity contribution >= 4 is 24.5 Å². The molecule has 2 heterocycles. The zero-order valence-electron chi connectivity index (χ0n) is 19.5. The van der Waals surface area contributed by atoms with Crippen molar-refractivity contribution in [3.8, 4) is 0 Å². The van der Waals surface area contributed by atoms with Gasteiger partial charge in [-0.15, -0.1) is 0 Å². The molecular weight excluding hydrogens is 385 g/mol. The fourth-order valence-corrected chi connectivity index (χ4v) is 2.97. The molecule has 0 aliphatic carbocycles. The Bertz CT molecular complexity index is 750. The highest BCUT2D eigenvalue weighted by atomic mass is 16.6. The molecule has 0 radical (unpaired) electrons. The van der Waals surface area contributed by atoms with E-state index >= 15 is 0 Å². The molecule has 0 aromatic carbocycles. The molecule has 0 atom stereocenters. The fraction of sp³-hybridized carbons (Fsp3) is 0.714. The Morgan fingerprint density at radius 3 is 2.13 bits per heavy atom. The third kappa shape index (κ3) is 6.09. The van der Waals surface area contributed by atoms with Gasteiger partial charge in [0.15, 0.2) is 0 Å². The van der Waals surface area contributed by atoms with Crippen LogP contribution in [0.4, 0.5) is 10.6 Å². The summed E-state index contributed by atoms with van der Waals surface area (Å²) >= 11 is 0. The average molecular weight is 421 g/mol. The van der Waals surface area contributed by atoms with Gasteiger partial charge < -0.3 is 29.3 Å². The summed E-state index contributed by atoms with van der Waals surface area (Å²) in [6.07, 6.45) is 1.30. The van der Waals surface area contributed by atoms with Gasteiger partial charge in [-0.2, -0.15) is 0 Å². The Balaban J connectivity index is 2.02. The molecular formula is C21H36BN3O5. The number of ether oxygens (including phenoxy) is 1. The van der Waals surface area contributed by atoms with E-state index in [4.69, 9.17) is 9.39 Å². The van der Waals surface area contributed by atoms with E-state index in [1.807, 2.05) is 33.8 Å². The lowest BCUT2D eigenvalue weighted by atomic mass is 9.77. The van der Waals surface area contributed by atoms with Crippen molar-refractivity contribution in [2.45, 2.75) is 72.2 Å². The molecule has 30 heavy (non-hydrogen) atoms. The Kier molecular flexibility index (Phi) is 7.11. The van der Waals surface area contributed by atoms with E-state index in [2.05, 4.69) is 9.88 Å². The van der Waals surface area contributed by atoms with Crippen LogP contribution < -0.4 is 10.4 Å². The lowest BCUT2D eigenvalue weighted by molar-refractivity contribution is -0.0982. The minimum absolute atomic E-state index is 0.295. The second kappa shape index (κ2) is 8.73. The smallest absolute Gasteiger partial charge is 0.444 e. The average Bonchev–Trinajstić information content (AvgIpc) is 2.59. The second-order valence-corrected chi connectivity index (χ2v) is 9.90. The fourth-order valence-electron chi connectivity index (χ4n) is 2.97. The van der Waals surface area contributed by atoms with Crippen molar-refractivity contribution in [2.24, 2.45) is 0 Å². The van der Waals surface area contributed by atoms with Crippen molar-refractivity contribution in [3.63, 3.8) is 0 Å². The molecule has 2 rings (SSSR count). The van der Waals surface area contributed by atoms with Crippen LogP contribution in [0.1, 0.15) is 54.0 Å². The summed E-state index contributed by atoms with van der Waals surface area (Å²) in [4.78, 5) is 20.6. The number of pyridine rings is 1.